The molecule has 3 heterocycles. The number of nitrogens with zero attached hydrogens (tertiary/aromatic N) is 2. The Morgan fingerprint density at radius 2 is 2.06 bits per heavy atom. The zero-order valence-electron chi connectivity index (χ0n) is 18.3. The lowest BCUT2D eigenvalue weighted by atomic mass is 10.0. The molecule has 0 saturated heterocycles. The maximum absolute atomic E-state index is 13.1. The maximum atomic E-state index is 13.1. The molecule has 0 radical (unpaired) electrons. The molecule has 2 N–H and O–H groups in total. The maximum Gasteiger partial charge on any atom is 0.249 e. The van der Waals surface area contributed by atoms with Gasteiger partial charge in [0, 0.05) is 18.4 Å². The van der Waals surface area contributed by atoms with Gasteiger partial charge in [-0.3, -0.25) is 9.59 Å². The van der Waals surface area contributed by atoms with Gasteiger partial charge in [-0.2, -0.15) is 9.78 Å². The number of hydrogen-bond donors (Lipinski definition) is 2. The largest absolute Gasteiger partial charge is 0.495 e. The van der Waals surface area contributed by atoms with Gasteiger partial charge < -0.3 is 14.5 Å². The normalized spacial score (nSPS) is 14.0. The monoisotopic (exact) mass is 472 g/mol. The highest BCUT2D eigenvalue weighted by Gasteiger charge is 2.29. The zero-order valence-corrected chi connectivity index (χ0v) is 19.1. The van der Waals surface area contributed by atoms with Crippen molar-refractivity contribution in [2.75, 3.05) is 12.4 Å². The molecule has 0 spiro atoms. The summed E-state index contributed by atoms with van der Waals surface area (Å²) in [7, 11) is -2.60. The molecule has 2 aromatic heterocycles. The smallest absolute Gasteiger partial charge is 0.249 e. The van der Waals surface area contributed by atoms with E-state index in [1.165, 1.54) is 30.2 Å². The van der Waals surface area contributed by atoms with E-state index in [2.05, 4.69) is 15.1 Å². The van der Waals surface area contributed by atoms with Gasteiger partial charge in [0.2, 0.25) is 21.8 Å². The summed E-state index contributed by atoms with van der Waals surface area (Å²) >= 11 is 0. The second-order valence-corrected chi connectivity index (χ2v) is 9.28. The van der Waals surface area contributed by atoms with Crippen LogP contribution in [0.2, 0.25) is 0 Å². The molecule has 0 bridgehead atoms. The third-order valence-corrected chi connectivity index (χ3v) is 6.69. The van der Waals surface area contributed by atoms with Gasteiger partial charge >= 0.3 is 0 Å². The molecule has 11 heteroatoms. The first kappa shape index (κ1) is 22.7. The number of ether oxygens (including phenoxy) is 1. The molecule has 1 aliphatic rings. The van der Waals surface area contributed by atoms with E-state index in [-0.39, 0.29) is 47.7 Å². The lowest BCUT2D eigenvalue weighted by Crippen LogP contribution is -2.23. The molecule has 4 rings (SSSR count). The molecular weight excluding hydrogens is 448 g/mol. The molecule has 33 heavy (non-hydrogen) atoms. The molecular formula is C22H24N4O6S. The number of hydrogen-bond acceptors (Lipinski definition) is 7. The van der Waals surface area contributed by atoms with Crippen LogP contribution in [0.15, 0.2) is 45.9 Å². The first-order chi connectivity index (χ1) is 15.8. The Balaban J connectivity index is 1.82. The van der Waals surface area contributed by atoms with Gasteiger partial charge in [0.15, 0.2) is 0 Å². The van der Waals surface area contributed by atoms with Crippen molar-refractivity contribution in [1.82, 2.24) is 14.5 Å². The number of rotatable bonds is 8. The first-order valence-electron chi connectivity index (χ1n) is 10.5. The van der Waals surface area contributed by atoms with E-state index < -0.39 is 10.0 Å². The quantitative estimate of drug-likeness (QED) is 0.515. The van der Waals surface area contributed by atoms with Gasteiger partial charge in [-0.25, -0.2) is 13.1 Å². The molecule has 0 saturated carbocycles. The van der Waals surface area contributed by atoms with Crippen LogP contribution in [0.1, 0.15) is 42.4 Å². The van der Waals surface area contributed by atoms with Gasteiger partial charge in [-0.15, -0.1) is 0 Å². The Hall–Kier alpha value is -3.44. The summed E-state index contributed by atoms with van der Waals surface area (Å²) in [5, 5.41) is 7.20. The van der Waals surface area contributed by atoms with Gasteiger partial charge in [-0.1, -0.05) is 19.4 Å². The summed E-state index contributed by atoms with van der Waals surface area (Å²) in [5.74, 6) is 0.271. The van der Waals surface area contributed by atoms with Crippen LogP contribution in [0.3, 0.4) is 0 Å². The van der Waals surface area contributed by atoms with E-state index in [0.717, 1.165) is 6.42 Å². The summed E-state index contributed by atoms with van der Waals surface area (Å²) in [6, 6.07) is 8.01. The lowest BCUT2D eigenvalue weighted by molar-refractivity contribution is -0.116. The van der Waals surface area contributed by atoms with Crippen LogP contribution >= 0.6 is 0 Å². The summed E-state index contributed by atoms with van der Waals surface area (Å²) in [6.07, 6.45) is 2.86. The van der Waals surface area contributed by atoms with Crippen molar-refractivity contribution in [3.8, 4) is 16.9 Å². The van der Waals surface area contributed by atoms with Gasteiger partial charge in [-0.05, 0) is 36.2 Å². The Morgan fingerprint density at radius 3 is 2.76 bits per heavy atom. The second-order valence-electron chi connectivity index (χ2n) is 7.54. The Morgan fingerprint density at radius 1 is 1.24 bits per heavy atom. The van der Waals surface area contributed by atoms with Crippen molar-refractivity contribution >= 4 is 27.7 Å². The second kappa shape index (κ2) is 9.20. The number of amides is 1. The minimum absolute atomic E-state index is 0.0302. The van der Waals surface area contributed by atoms with Gasteiger partial charge in [0.25, 0.3) is 0 Å². The van der Waals surface area contributed by atoms with E-state index in [9.17, 15) is 18.0 Å². The number of furan rings is 1. The molecule has 10 nitrogen and oxygen atoms in total. The first-order valence-corrected chi connectivity index (χ1v) is 12.0. The summed E-state index contributed by atoms with van der Waals surface area (Å²) in [5.41, 5.74) is 1.61. The number of methoxy groups -OCH3 is 1. The summed E-state index contributed by atoms with van der Waals surface area (Å²) < 4.78 is 40.4. The SMILES string of the molecule is CCCc1nn2c(c1-c1ccc(OC)c(S(=O)(=O)NCc3ccco3)c1)NC(=O)CCC2=O. The molecule has 0 atom stereocenters. The fraction of sp³-hybridized carbons (Fsp3) is 0.318. The van der Waals surface area contributed by atoms with Crippen LogP contribution in [0.4, 0.5) is 5.82 Å². The topological polar surface area (TPSA) is 133 Å². The minimum Gasteiger partial charge on any atom is -0.495 e. The standard InChI is InChI=1S/C22H24N4O6S/c1-3-5-16-21(22-24-19(27)9-10-20(28)26(22)25-16)14-7-8-17(31-2)18(12-14)33(29,30)23-13-15-6-4-11-32-15/h4,6-8,11-12,23H,3,5,9-10,13H2,1-2H3,(H,24,27). The number of carbonyl (C=O) groups is 2. The van der Waals surface area contributed by atoms with E-state index in [1.54, 1.807) is 18.2 Å². The number of anilines is 1. The average molecular weight is 473 g/mol. The minimum atomic E-state index is -3.98. The van der Waals surface area contributed by atoms with E-state index in [0.29, 0.717) is 29.0 Å². The number of sulfonamides is 1. The molecule has 3 aromatic rings. The van der Waals surface area contributed by atoms with Crippen LogP contribution in [-0.4, -0.2) is 37.1 Å². The molecule has 174 valence electrons. The summed E-state index contributed by atoms with van der Waals surface area (Å²) in [4.78, 5) is 24.7. The number of carbonyl (C=O) groups excluding carboxylic acids is 2. The van der Waals surface area contributed by atoms with Crippen molar-refractivity contribution in [3.63, 3.8) is 0 Å². The summed E-state index contributed by atoms with van der Waals surface area (Å²) in [6.45, 7) is 1.94. The van der Waals surface area contributed by atoms with Crippen LogP contribution in [0.25, 0.3) is 11.1 Å². The number of aromatic nitrogens is 2. The molecule has 0 fully saturated rings. The van der Waals surface area contributed by atoms with Crippen LogP contribution in [-0.2, 0) is 27.8 Å². The van der Waals surface area contributed by atoms with E-state index >= 15 is 0 Å². The third kappa shape index (κ3) is 4.55. The number of fused-ring (bicyclic) bond motifs is 1. The van der Waals surface area contributed by atoms with E-state index in [4.69, 9.17) is 9.15 Å². The van der Waals surface area contributed by atoms with Crippen LogP contribution in [0.5, 0.6) is 5.75 Å². The highest BCUT2D eigenvalue weighted by atomic mass is 32.2. The fourth-order valence-corrected chi connectivity index (χ4v) is 4.88. The average Bonchev–Trinajstić information content (AvgIpc) is 3.41. The van der Waals surface area contributed by atoms with Gasteiger partial charge in [0.05, 0.1) is 25.6 Å². The molecule has 0 unspecified atom stereocenters. The Labute approximate surface area is 191 Å². The number of benzene rings is 1. The highest BCUT2D eigenvalue weighted by Crippen LogP contribution is 2.37. The van der Waals surface area contributed by atoms with Crippen molar-refractivity contribution in [2.24, 2.45) is 0 Å². The van der Waals surface area contributed by atoms with Crippen molar-refractivity contribution < 1.29 is 27.2 Å². The zero-order chi connectivity index (χ0) is 23.6. The fourth-order valence-electron chi connectivity index (χ4n) is 3.69. The molecule has 1 aliphatic heterocycles. The Bertz CT molecular complexity index is 1290. The third-order valence-electron chi connectivity index (χ3n) is 5.26. The van der Waals surface area contributed by atoms with Crippen molar-refractivity contribution in [3.05, 3.63) is 48.0 Å². The molecule has 1 amide bonds. The highest BCUT2D eigenvalue weighted by molar-refractivity contribution is 7.89. The predicted molar refractivity (Wildman–Crippen MR) is 119 cm³/mol. The Kier molecular flexibility index (Phi) is 6.34. The van der Waals surface area contributed by atoms with Gasteiger partial charge in [0.1, 0.15) is 22.2 Å². The van der Waals surface area contributed by atoms with Crippen molar-refractivity contribution in [1.29, 1.82) is 0 Å². The van der Waals surface area contributed by atoms with E-state index in [1.807, 2.05) is 6.92 Å². The van der Waals surface area contributed by atoms with Crippen LogP contribution < -0.4 is 14.8 Å². The predicted octanol–water partition coefficient (Wildman–Crippen LogP) is 2.96. The number of nitrogens with one attached hydrogen (secondary N) is 2. The molecule has 1 aromatic carbocycles. The number of aryl methyl sites for hydroxylation is 1. The van der Waals surface area contributed by atoms with Crippen LogP contribution in [0, 0.1) is 0 Å². The van der Waals surface area contributed by atoms with Crippen molar-refractivity contribution in [2.45, 2.75) is 44.0 Å². The lowest BCUT2D eigenvalue weighted by Gasteiger charge is -2.13. The molecule has 0 aliphatic carbocycles.